The molecule has 0 saturated heterocycles. The van der Waals surface area contributed by atoms with E-state index in [0.29, 0.717) is 5.02 Å². The predicted octanol–water partition coefficient (Wildman–Crippen LogP) is 2.77. The third-order valence-corrected chi connectivity index (χ3v) is 5.23. The SMILES string of the molecule is NS(=O)(=O)c1cc(C(=O)OCC(=O)NCc2ccc(Cl)cc2)c(Cl)cc1Cl. The summed E-state index contributed by atoms with van der Waals surface area (Å²) in [6.45, 7) is -0.374. The van der Waals surface area contributed by atoms with Gasteiger partial charge in [-0.05, 0) is 29.8 Å². The van der Waals surface area contributed by atoms with Gasteiger partial charge in [-0.25, -0.2) is 18.4 Å². The molecule has 3 N–H and O–H groups in total. The molecule has 0 saturated carbocycles. The Hall–Kier alpha value is -1.84. The molecule has 0 fully saturated rings. The third-order valence-electron chi connectivity index (χ3n) is 3.29. The molecule has 144 valence electrons. The molecule has 0 aliphatic heterocycles. The Morgan fingerprint density at radius 2 is 1.67 bits per heavy atom. The summed E-state index contributed by atoms with van der Waals surface area (Å²) in [6, 6.07) is 8.77. The van der Waals surface area contributed by atoms with Gasteiger partial charge >= 0.3 is 5.97 Å². The molecule has 0 aliphatic carbocycles. The summed E-state index contributed by atoms with van der Waals surface area (Å²) in [5.74, 6) is -1.56. The molecule has 0 bridgehead atoms. The minimum Gasteiger partial charge on any atom is -0.452 e. The minimum atomic E-state index is -4.17. The second-order valence-corrected chi connectivity index (χ2v) is 8.07. The van der Waals surface area contributed by atoms with Crippen molar-refractivity contribution in [3.8, 4) is 0 Å². The Bertz CT molecular complexity index is 978. The number of ether oxygens (including phenoxy) is 1. The number of esters is 1. The lowest BCUT2D eigenvalue weighted by atomic mass is 10.2. The standard InChI is InChI=1S/C16H13Cl3N2O5S/c17-10-3-1-9(2-4-10)7-21-15(22)8-26-16(23)11-5-14(27(20,24)25)13(19)6-12(11)18/h1-6H,7-8H2,(H,21,22)(H2,20,24,25). The molecule has 0 radical (unpaired) electrons. The first-order chi connectivity index (χ1) is 12.6. The zero-order chi connectivity index (χ0) is 20.2. The van der Waals surface area contributed by atoms with Crippen LogP contribution >= 0.6 is 34.8 Å². The maximum absolute atomic E-state index is 12.1. The van der Waals surface area contributed by atoms with Crippen molar-refractivity contribution in [1.82, 2.24) is 5.32 Å². The first kappa shape index (κ1) is 21.5. The van der Waals surface area contributed by atoms with E-state index in [1.807, 2.05) is 0 Å². The monoisotopic (exact) mass is 450 g/mol. The van der Waals surface area contributed by atoms with Crippen molar-refractivity contribution < 1.29 is 22.7 Å². The van der Waals surface area contributed by atoms with E-state index in [1.165, 1.54) is 0 Å². The van der Waals surface area contributed by atoms with Crippen LogP contribution in [0.25, 0.3) is 0 Å². The molecule has 0 spiro atoms. The van der Waals surface area contributed by atoms with Gasteiger partial charge in [0.1, 0.15) is 4.90 Å². The molecule has 7 nitrogen and oxygen atoms in total. The third kappa shape index (κ3) is 6.08. The van der Waals surface area contributed by atoms with Crippen molar-refractivity contribution in [2.24, 2.45) is 5.14 Å². The zero-order valence-electron chi connectivity index (χ0n) is 13.5. The molecular formula is C16H13Cl3N2O5S. The summed E-state index contributed by atoms with van der Waals surface area (Å²) in [5, 5.41) is 7.77. The van der Waals surface area contributed by atoms with Gasteiger partial charge in [0.05, 0.1) is 15.6 Å². The van der Waals surface area contributed by atoms with Gasteiger partial charge < -0.3 is 10.1 Å². The Kier molecular flexibility index (Phi) is 7.07. The summed E-state index contributed by atoms with van der Waals surface area (Å²) in [4.78, 5) is 23.4. The number of primary sulfonamides is 1. The Morgan fingerprint density at radius 3 is 2.26 bits per heavy atom. The molecule has 0 unspecified atom stereocenters. The summed E-state index contributed by atoms with van der Waals surface area (Å²) >= 11 is 17.4. The maximum atomic E-state index is 12.1. The molecule has 27 heavy (non-hydrogen) atoms. The van der Waals surface area contributed by atoms with Gasteiger partial charge in [0.2, 0.25) is 10.0 Å². The molecule has 0 heterocycles. The highest BCUT2D eigenvalue weighted by Crippen LogP contribution is 2.28. The topological polar surface area (TPSA) is 116 Å². The smallest absolute Gasteiger partial charge is 0.340 e. The molecule has 1 amide bonds. The van der Waals surface area contributed by atoms with Gasteiger partial charge in [-0.15, -0.1) is 0 Å². The zero-order valence-corrected chi connectivity index (χ0v) is 16.6. The van der Waals surface area contributed by atoms with E-state index < -0.39 is 33.4 Å². The Labute approximate surface area is 170 Å². The molecule has 2 aromatic carbocycles. The van der Waals surface area contributed by atoms with Gasteiger partial charge in [0.15, 0.2) is 6.61 Å². The Balaban J connectivity index is 1.99. The van der Waals surface area contributed by atoms with Crippen molar-refractivity contribution in [3.05, 3.63) is 62.6 Å². The van der Waals surface area contributed by atoms with E-state index in [2.05, 4.69) is 5.32 Å². The number of carbonyl (C=O) groups is 2. The van der Waals surface area contributed by atoms with Crippen LogP contribution in [0.3, 0.4) is 0 Å². The van der Waals surface area contributed by atoms with E-state index in [0.717, 1.165) is 17.7 Å². The van der Waals surface area contributed by atoms with Crippen LogP contribution in [0.2, 0.25) is 15.1 Å². The van der Waals surface area contributed by atoms with E-state index >= 15 is 0 Å². The van der Waals surface area contributed by atoms with Crippen molar-refractivity contribution >= 4 is 56.7 Å². The van der Waals surface area contributed by atoms with E-state index in [9.17, 15) is 18.0 Å². The lowest BCUT2D eigenvalue weighted by Crippen LogP contribution is -2.28. The summed E-state index contributed by atoms with van der Waals surface area (Å²) in [7, 11) is -4.17. The molecule has 0 atom stereocenters. The highest BCUT2D eigenvalue weighted by Gasteiger charge is 2.21. The van der Waals surface area contributed by atoms with Gasteiger partial charge in [-0.3, -0.25) is 4.79 Å². The van der Waals surface area contributed by atoms with E-state index in [1.54, 1.807) is 24.3 Å². The fourth-order valence-electron chi connectivity index (χ4n) is 1.97. The van der Waals surface area contributed by atoms with Crippen LogP contribution in [0.5, 0.6) is 0 Å². The molecule has 11 heteroatoms. The number of rotatable bonds is 6. The van der Waals surface area contributed by atoms with Crippen LogP contribution in [-0.2, 0) is 26.1 Å². The number of hydrogen-bond donors (Lipinski definition) is 2. The quantitative estimate of drug-likeness (QED) is 0.655. The highest BCUT2D eigenvalue weighted by atomic mass is 35.5. The van der Waals surface area contributed by atoms with Gasteiger partial charge in [0, 0.05) is 11.6 Å². The summed E-state index contributed by atoms with van der Waals surface area (Å²) in [5.41, 5.74) is 0.521. The lowest BCUT2D eigenvalue weighted by Gasteiger charge is -2.09. The van der Waals surface area contributed by atoms with Crippen LogP contribution in [0, 0.1) is 0 Å². The van der Waals surface area contributed by atoms with E-state index in [-0.39, 0.29) is 22.2 Å². The van der Waals surface area contributed by atoms with Crippen molar-refractivity contribution in [2.45, 2.75) is 11.4 Å². The predicted molar refractivity (Wildman–Crippen MR) is 101 cm³/mol. The van der Waals surface area contributed by atoms with Crippen LogP contribution in [0.4, 0.5) is 0 Å². The van der Waals surface area contributed by atoms with Crippen LogP contribution in [-0.4, -0.2) is 26.9 Å². The number of nitrogens with two attached hydrogens (primary N) is 1. The second-order valence-electron chi connectivity index (χ2n) is 5.29. The Morgan fingerprint density at radius 1 is 1.04 bits per heavy atom. The lowest BCUT2D eigenvalue weighted by molar-refractivity contribution is -0.124. The fraction of sp³-hybridized carbons (Fsp3) is 0.125. The number of amides is 1. The molecular weight excluding hydrogens is 439 g/mol. The summed E-state index contributed by atoms with van der Waals surface area (Å²) in [6.07, 6.45) is 0. The minimum absolute atomic E-state index is 0.140. The maximum Gasteiger partial charge on any atom is 0.340 e. The number of carbonyl (C=O) groups excluding carboxylic acids is 2. The fourth-order valence-corrected chi connectivity index (χ4v) is 3.49. The molecule has 2 rings (SSSR count). The average Bonchev–Trinajstić information content (AvgIpc) is 2.58. The largest absolute Gasteiger partial charge is 0.452 e. The number of nitrogens with one attached hydrogen (secondary N) is 1. The highest BCUT2D eigenvalue weighted by molar-refractivity contribution is 7.89. The van der Waals surface area contributed by atoms with Gasteiger partial charge in [0.25, 0.3) is 5.91 Å². The first-order valence-electron chi connectivity index (χ1n) is 7.28. The van der Waals surface area contributed by atoms with Gasteiger partial charge in [-0.2, -0.15) is 0 Å². The van der Waals surface area contributed by atoms with Gasteiger partial charge in [-0.1, -0.05) is 46.9 Å². The van der Waals surface area contributed by atoms with Crippen molar-refractivity contribution in [1.29, 1.82) is 0 Å². The van der Waals surface area contributed by atoms with Crippen LogP contribution in [0.15, 0.2) is 41.3 Å². The number of halogens is 3. The summed E-state index contributed by atoms with van der Waals surface area (Å²) < 4.78 is 27.8. The van der Waals surface area contributed by atoms with Crippen LogP contribution in [0.1, 0.15) is 15.9 Å². The van der Waals surface area contributed by atoms with Crippen molar-refractivity contribution in [2.75, 3.05) is 6.61 Å². The average molecular weight is 452 g/mol. The number of benzene rings is 2. The van der Waals surface area contributed by atoms with E-state index in [4.69, 9.17) is 44.7 Å². The number of sulfonamides is 1. The molecule has 0 aromatic heterocycles. The first-order valence-corrected chi connectivity index (χ1v) is 9.96. The normalized spacial score (nSPS) is 11.1. The molecule has 2 aromatic rings. The van der Waals surface area contributed by atoms with Crippen LogP contribution < -0.4 is 10.5 Å². The molecule has 0 aliphatic rings. The number of hydrogen-bond acceptors (Lipinski definition) is 5. The van der Waals surface area contributed by atoms with Crippen molar-refractivity contribution in [3.63, 3.8) is 0 Å². The second kappa shape index (κ2) is 8.90.